The molecular formula is C23H23F3N2O6. The molecule has 8 nitrogen and oxygen atoms in total. The number of nitrogens with zero attached hydrogens (tertiary/aromatic N) is 2. The maximum atomic E-state index is 13.9. The number of hydrogen-bond donors (Lipinski definition) is 0. The van der Waals surface area contributed by atoms with Gasteiger partial charge in [0.1, 0.15) is 17.2 Å². The molecule has 2 atom stereocenters. The van der Waals surface area contributed by atoms with Crippen molar-refractivity contribution in [3.63, 3.8) is 0 Å². The van der Waals surface area contributed by atoms with Crippen LogP contribution in [0.3, 0.4) is 0 Å². The quantitative estimate of drug-likeness (QED) is 0.566. The second-order valence-electron chi connectivity index (χ2n) is 9.42. The Kier molecular flexibility index (Phi) is 5.49. The number of fused-ring (bicyclic) bond motifs is 3. The average Bonchev–Trinajstić information content (AvgIpc) is 3.09. The molecule has 2 unspecified atom stereocenters. The fourth-order valence-corrected chi connectivity index (χ4v) is 4.41. The lowest BCUT2D eigenvalue weighted by molar-refractivity contribution is -0.146. The molecule has 3 heterocycles. The number of Topliss-reactive ketones (excluding diaryl/α,β-unsaturated/α-hetero) is 1. The van der Waals surface area contributed by atoms with Gasteiger partial charge in [0, 0.05) is 11.8 Å². The number of rotatable bonds is 1. The number of likely N-dealkylation sites (tertiary alicyclic amines) is 1. The van der Waals surface area contributed by atoms with Crippen LogP contribution in [0.1, 0.15) is 49.7 Å². The predicted molar refractivity (Wildman–Crippen MR) is 112 cm³/mol. The molecule has 34 heavy (non-hydrogen) atoms. The van der Waals surface area contributed by atoms with Gasteiger partial charge in [0.05, 0.1) is 31.2 Å². The van der Waals surface area contributed by atoms with E-state index in [2.05, 4.69) is 4.98 Å². The van der Waals surface area contributed by atoms with Crippen molar-refractivity contribution in [2.75, 3.05) is 13.7 Å². The van der Waals surface area contributed by atoms with Crippen molar-refractivity contribution >= 4 is 28.7 Å². The number of carbonyl (C=O) groups excluding carboxylic acids is 3. The summed E-state index contributed by atoms with van der Waals surface area (Å²) in [4.78, 5) is 43.3. The molecule has 11 heteroatoms. The molecule has 0 N–H and O–H groups in total. The topological polar surface area (TPSA) is 95.0 Å². The third kappa shape index (κ3) is 4.14. The Morgan fingerprint density at radius 1 is 1.21 bits per heavy atom. The molecule has 0 aliphatic carbocycles. The first-order valence-corrected chi connectivity index (χ1v) is 10.5. The van der Waals surface area contributed by atoms with Crippen LogP contribution in [0.5, 0.6) is 5.75 Å². The van der Waals surface area contributed by atoms with Gasteiger partial charge in [-0.2, -0.15) is 13.2 Å². The van der Waals surface area contributed by atoms with E-state index in [1.807, 2.05) is 0 Å². The van der Waals surface area contributed by atoms with Gasteiger partial charge >= 0.3 is 18.2 Å². The molecule has 182 valence electrons. The SMILES string of the molecule is COC(=O)C1CC2(CC(=O)c3c(c(C(F)(F)F)nc4ccccc34)O2)CN1C(=O)OC(C)(C)C. The maximum Gasteiger partial charge on any atom is 0.437 e. The number of alkyl halides is 3. The summed E-state index contributed by atoms with van der Waals surface area (Å²) in [5, 5.41) is 0.233. The Hall–Kier alpha value is -3.37. The molecule has 0 bridgehead atoms. The number of methoxy groups -OCH3 is 1. The monoisotopic (exact) mass is 480 g/mol. The highest BCUT2D eigenvalue weighted by atomic mass is 19.4. The molecule has 2 aliphatic heterocycles. The van der Waals surface area contributed by atoms with E-state index in [0.29, 0.717) is 0 Å². The number of carbonyl (C=O) groups is 3. The molecule has 0 radical (unpaired) electrons. The highest BCUT2D eigenvalue weighted by Gasteiger charge is 2.56. The molecular weight excluding hydrogens is 457 g/mol. The van der Waals surface area contributed by atoms with Crippen LogP contribution in [0.25, 0.3) is 10.9 Å². The number of ether oxygens (including phenoxy) is 3. The van der Waals surface area contributed by atoms with Crippen LogP contribution in [-0.4, -0.2) is 58.6 Å². The second-order valence-corrected chi connectivity index (χ2v) is 9.42. The number of amides is 1. The van der Waals surface area contributed by atoms with E-state index >= 15 is 0 Å². The lowest BCUT2D eigenvalue weighted by Crippen LogP contribution is -2.47. The standard InChI is InChI=1S/C23H23F3N2O6/c1-21(2,3)34-20(31)28-11-22(9-14(28)19(30)32-4)10-15(29)16-12-7-5-6-8-13(12)27-18(17(16)33-22)23(24,25)26/h5-8,14H,9-11H2,1-4H3. The molecule has 2 aliphatic rings. The normalized spacial score (nSPS) is 22.5. The summed E-state index contributed by atoms with van der Waals surface area (Å²) >= 11 is 0. The van der Waals surface area contributed by atoms with E-state index in [-0.39, 0.29) is 35.9 Å². The van der Waals surface area contributed by atoms with Crippen molar-refractivity contribution < 1.29 is 41.8 Å². The number of hydrogen-bond acceptors (Lipinski definition) is 7. The molecule has 4 rings (SSSR count). The zero-order valence-electron chi connectivity index (χ0n) is 19.0. The zero-order valence-corrected chi connectivity index (χ0v) is 19.0. The van der Waals surface area contributed by atoms with Gasteiger partial charge < -0.3 is 14.2 Å². The van der Waals surface area contributed by atoms with E-state index in [9.17, 15) is 27.6 Å². The van der Waals surface area contributed by atoms with Crippen molar-refractivity contribution in [1.82, 2.24) is 9.88 Å². The van der Waals surface area contributed by atoms with Gasteiger partial charge in [-0.05, 0) is 26.8 Å². The molecule has 1 saturated heterocycles. The molecule has 2 aromatic rings. The number of benzene rings is 1. The molecule has 1 spiro atoms. The van der Waals surface area contributed by atoms with Crippen LogP contribution in [0, 0.1) is 0 Å². The first kappa shape index (κ1) is 23.8. The molecule has 1 aromatic heterocycles. The minimum absolute atomic E-state index is 0.00992. The predicted octanol–water partition coefficient (Wildman–Crippen LogP) is 4.14. The average molecular weight is 480 g/mol. The Bertz CT molecular complexity index is 1190. The number of ketones is 1. The van der Waals surface area contributed by atoms with Crippen LogP contribution >= 0.6 is 0 Å². The number of para-hydroxylation sites is 1. The summed E-state index contributed by atoms with van der Waals surface area (Å²) in [5.41, 5.74) is -4.01. The van der Waals surface area contributed by atoms with Crippen LogP contribution in [0.15, 0.2) is 24.3 Å². The largest absolute Gasteiger partial charge is 0.482 e. The fraction of sp³-hybridized carbons (Fsp3) is 0.478. The maximum absolute atomic E-state index is 13.9. The van der Waals surface area contributed by atoms with Gasteiger partial charge in [0.2, 0.25) is 0 Å². The highest BCUT2D eigenvalue weighted by Crippen LogP contribution is 2.48. The van der Waals surface area contributed by atoms with E-state index in [0.717, 1.165) is 12.0 Å². The fourth-order valence-electron chi connectivity index (χ4n) is 4.41. The molecule has 1 amide bonds. The number of pyridine rings is 1. The summed E-state index contributed by atoms with van der Waals surface area (Å²) in [6, 6.07) is 4.79. The lowest BCUT2D eigenvalue weighted by Gasteiger charge is -2.36. The van der Waals surface area contributed by atoms with Gasteiger partial charge in [-0.3, -0.25) is 9.69 Å². The third-order valence-electron chi connectivity index (χ3n) is 5.70. The van der Waals surface area contributed by atoms with Gasteiger partial charge in [0.25, 0.3) is 0 Å². The van der Waals surface area contributed by atoms with E-state index < -0.39 is 52.7 Å². The number of halogens is 3. The van der Waals surface area contributed by atoms with Crippen LogP contribution < -0.4 is 4.74 Å². The Morgan fingerprint density at radius 2 is 1.88 bits per heavy atom. The van der Waals surface area contributed by atoms with Crippen LogP contribution in [0.4, 0.5) is 18.0 Å². The Balaban J connectivity index is 1.81. The Labute approximate surface area is 193 Å². The molecule has 1 fully saturated rings. The van der Waals surface area contributed by atoms with Gasteiger partial charge in [-0.25, -0.2) is 14.6 Å². The van der Waals surface area contributed by atoms with Gasteiger partial charge in [-0.1, -0.05) is 18.2 Å². The number of esters is 1. The summed E-state index contributed by atoms with van der Waals surface area (Å²) in [5.74, 6) is -2.09. The highest BCUT2D eigenvalue weighted by molar-refractivity contribution is 6.11. The third-order valence-corrected chi connectivity index (χ3v) is 5.70. The summed E-state index contributed by atoms with van der Waals surface area (Å²) in [7, 11) is 1.13. The molecule has 0 saturated carbocycles. The van der Waals surface area contributed by atoms with E-state index in [4.69, 9.17) is 14.2 Å². The van der Waals surface area contributed by atoms with Crippen molar-refractivity contribution in [3.8, 4) is 5.75 Å². The number of aromatic nitrogens is 1. The summed E-state index contributed by atoms with van der Waals surface area (Å²) in [6.45, 7) is 4.56. The molecule has 1 aromatic carbocycles. The van der Waals surface area contributed by atoms with Crippen molar-refractivity contribution in [2.45, 2.75) is 57.0 Å². The van der Waals surface area contributed by atoms with Crippen molar-refractivity contribution in [3.05, 3.63) is 35.5 Å². The first-order chi connectivity index (χ1) is 15.7. The van der Waals surface area contributed by atoms with Crippen molar-refractivity contribution in [1.29, 1.82) is 0 Å². The minimum Gasteiger partial charge on any atom is -0.482 e. The first-order valence-electron chi connectivity index (χ1n) is 10.5. The second kappa shape index (κ2) is 7.85. The lowest BCUT2D eigenvalue weighted by atomic mass is 9.86. The van der Waals surface area contributed by atoms with Crippen LogP contribution in [0.2, 0.25) is 0 Å². The summed E-state index contributed by atoms with van der Waals surface area (Å²) in [6.07, 6.45) is -6.35. The minimum atomic E-state index is -4.90. The Morgan fingerprint density at radius 3 is 2.50 bits per heavy atom. The van der Waals surface area contributed by atoms with Crippen LogP contribution in [-0.2, 0) is 20.4 Å². The van der Waals surface area contributed by atoms with Gasteiger partial charge in [0.15, 0.2) is 17.2 Å². The van der Waals surface area contributed by atoms with Crippen molar-refractivity contribution in [2.24, 2.45) is 0 Å². The smallest absolute Gasteiger partial charge is 0.437 e. The van der Waals surface area contributed by atoms with E-state index in [1.165, 1.54) is 18.2 Å². The van der Waals surface area contributed by atoms with Gasteiger partial charge in [-0.15, -0.1) is 0 Å². The van der Waals surface area contributed by atoms with E-state index in [1.54, 1.807) is 26.8 Å². The zero-order chi connectivity index (χ0) is 25.1. The summed E-state index contributed by atoms with van der Waals surface area (Å²) < 4.78 is 57.9.